The molecule has 0 N–H and O–H groups in total. The number of halogens is 6. The second-order valence-electron chi connectivity index (χ2n) is 10.7. The number of hydrogen-bond acceptors (Lipinski definition) is 6. The minimum atomic E-state index is -5.90. The lowest BCUT2D eigenvalue weighted by molar-refractivity contribution is -0.0505. The van der Waals surface area contributed by atoms with Crippen LogP contribution in [0.15, 0.2) is 24.3 Å². The zero-order valence-electron chi connectivity index (χ0n) is 20.3. The van der Waals surface area contributed by atoms with Crippen LogP contribution in [0.1, 0.15) is 85.0 Å². The van der Waals surface area contributed by atoms with Crippen LogP contribution >= 0.6 is 0 Å². The van der Waals surface area contributed by atoms with Crippen LogP contribution in [0.5, 0.6) is 11.5 Å². The highest BCUT2D eigenvalue weighted by Crippen LogP contribution is 2.64. The number of rotatable bonds is 5. The third-order valence-corrected chi connectivity index (χ3v) is 10.7. The average molecular weight is 597 g/mol. The summed E-state index contributed by atoms with van der Waals surface area (Å²) in [6, 6.07) is 5.37. The van der Waals surface area contributed by atoms with Gasteiger partial charge in [-0.1, -0.05) is 19.1 Å². The van der Waals surface area contributed by atoms with E-state index in [4.69, 9.17) is 0 Å². The van der Waals surface area contributed by atoms with Crippen LogP contribution in [0.2, 0.25) is 0 Å². The summed E-state index contributed by atoms with van der Waals surface area (Å²) >= 11 is 0. The Morgan fingerprint density at radius 3 is 1.59 bits per heavy atom. The molecule has 212 valence electrons. The van der Waals surface area contributed by atoms with Crippen LogP contribution in [0.25, 0.3) is 11.1 Å². The predicted molar refractivity (Wildman–Crippen MR) is 126 cm³/mol. The molecule has 4 aliphatic rings. The number of fused-ring (bicyclic) bond motifs is 10. The van der Waals surface area contributed by atoms with Gasteiger partial charge in [0, 0.05) is 11.1 Å². The first kappa shape index (κ1) is 26.7. The summed E-state index contributed by atoms with van der Waals surface area (Å²) in [6.07, 6.45) is 3.40. The van der Waals surface area contributed by atoms with Crippen LogP contribution in [-0.2, 0) is 20.2 Å². The summed E-state index contributed by atoms with van der Waals surface area (Å²) in [7, 11) is -11.8. The van der Waals surface area contributed by atoms with E-state index in [9.17, 15) is 43.2 Å². The summed E-state index contributed by atoms with van der Waals surface area (Å²) in [5.74, 6) is -1.27. The topological polar surface area (TPSA) is 86.7 Å². The van der Waals surface area contributed by atoms with Crippen LogP contribution in [-0.4, -0.2) is 27.9 Å². The van der Waals surface area contributed by atoms with Crippen molar-refractivity contribution in [1.29, 1.82) is 0 Å². The fourth-order valence-corrected chi connectivity index (χ4v) is 8.26. The maximum absolute atomic E-state index is 13.1. The lowest BCUT2D eigenvalue weighted by Gasteiger charge is -2.26. The van der Waals surface area contributed by atoms with Crippen molar-refractivity contribution in [3.8, 4) is 22.6 Å². The zero-order valence-corrected chi connectivity index (χ0v) is 21.9. The maximum atomic E-state index is 13.1. The van der Waals surface area contributed by atoms with Crippen LogP contribution in [0.3, 0.4) is 0 Å². The van der Waals surface area contributed by atoms with E-state index < -0.39 is 31.3 Å². The van der Waals surface area contributed by atoms with Gasteiger partial charge in [0.25, 0.3) is 0 Å². The first-order valence-electron chi connectivity index (χ1n) is 12.4. The van der Waals surface area contributed by atoms with E-state index in [1.165, 1.54) is 24.3 Å². The molecule has 39 heavy (non-hydrogen) atoms. The Kier molecular flexibility index (Phi) is 5.67. The Bertz CT molecular complexity index is 1600. The fourth-order valence-electron chi connectivity index (χ4n) is 7.31. The molecule has 2 fully saturated rings. The highest BCUT2D eigenvalue weighted by molar-refractivity contribution is 7.88. The standard InChI is InChI=1S/C25H22F6O6S2/c1-11-14-4-5-15(11)23-19(37-39(34,35)25(29,30)31)9-7-17(22(14)23)16-6-8-18(36-38(32,33)24(26,27)28)21-13-3-2-12(10-13)20(16)21/h6-9,11-15H,2-5,10H2,1H3. The second kappa shape index (κ2) is 8.27. The van der Waals surface area contributed by atoms with Crippen molar-refractivity contribution in [2.24, 2.45) is 5.92 Å². The summed E-state index contributed by atoms with van der Waals surface area (Å²) in [5, 5.41) is 0. The Labute approximate surface area is 220 Å². The lowest BCUT2D eigenvalue weighted by Crippen LogP contribution is -2.28. The van der Waals surface area contributed by atoms with Crippen molar-refractivity contribution < 1.29 is 51.5 Å². The molecular formula is C25H22F6O6S2. The molecule has 5 unspecified atom stereocenters. The summed E-state index contributed by atoms with van der Waals surface area (Å²) in [4.78, 5) is 0. The third kappa shape index (κ3) is 3.87. The average Bonchev–Trinajstić information content (AvgIpc) is 3.58. The summed E-state index contributed by atoms with van der Waals surface area (Å²) < 4.78 is 135. The van der Waals surface area contributed by atoms with Crippen molar-refractivity contribution in [3.63, 3.8) is 0 Å². The van der Waals surface area contributed by atoms with Gasteiger partial charge in [0.05, 0.1) is 0 Å². The maximum Gasteiger partial charge on any atom is 0.534 e. The van der Waals surface area contributed by atoms with Crippen LogP contribution in [0.4, 0.5) is 26.3 Å². The fraction of sp³-hybridized carbons (Fsp3) is 0.520. The van der Waals surface area contributed by atoms with Gasteiger partial charge in [-0.2, -0.15) is 43.2 Å². The van der Waals surface area contributed by atoms with Gasteiger partial charge in [0.15, 0.2) is 0 Å². The molecule has 2 aromatic rings. The molecule has 0 amide bonds. The zero-order chi connectivity index (χ0) is 28.3. The van der Waals surface area contributed by atoms with E-state index in [1.54, 1.807) is 0 Å². The van der Waals surface area contributed by atoms with E-state index >= 15 is 0 Å². The molecular weight excluding hydrogens is 574 g/mol. The van der Waals surface area contributed by atoms with Gasteiger partial charge in [0.1, 0.15) is 11.5 Å². The Hall–Kier alpha value is -2.48. The number of benzene rings is 2. The highest BCUT2D eigenvalue weighted by Gasteiger charge is 2.53. The largest absolute Gasteiger partial charge is 0.534 e. The van der Waals surface area contributed by atoms with Gasteiger partial charge < -0.3 is 8.37 Å². The van der Waals surface area contributed by atoms with E-state index in [1.807, 2.05) is 6.92 Å². The molecule has 6 rings (SSSR count). The summed E-state index contributed by atoms with van der Waals surface area (Å²) in [6.45, 7) is 1.94. The molecule has 6 nitrogen and oxygen atoms in total. The molecule has 0 aliphatic heterocycles. The van der Waals surface area contributed by atoms with Crippen molar-refractivity contribution >= 4 is 20.2 Å². The molecule has 0 heterocycles. The van der Waals surface area contributed by atoms with Gasteiger partial charge in [-0.25, -0.2) is 0 Å². The minimum Gasteiger partial charge on any atom is -0.376 e. The third-order valence-electron chi connectivity index (χ3n) is 8.80. The smallest absolute Gasteiger partial charge is 0.376 e. The van der Waals surface area contributed by atoms with Crippen LogP contribution < -0.4 is 8.37 Å². The van der Waals surface area contributed by atoms with E-state index in [0.29, 0.717) is 52.6 Å². The Balaban J connectivity index is 1.52. The molecule has 2 aromatic carbocycles. The molecule has 4 bridgehead atoms. The number of alkyl halides is 6. The van der Waals surface area contributed by atoms with Crippen LogP contribution in [0, 0.1) is 5.92 Å². The van der Waals surface area contributed by atoms with Crippen molar-refractivity contribution in [2.45, 2.75) is 73.7 Å². The van der Waals surface area contributed by atoms with Gasteiger partial charge in [-0.3, -0.25) is 0 Å². The molecule has 0 saturated heterocycles. The Morgan fingerprint density at radius 1 is 0.641 bits per heavy atom. The highest BCUT2D eigenvalue weighted by atomic mass is 32.2. The molecule has 2 saturated carbocycles. The van der Waals surface area contributed by atoms with Crippen molar-refractivity contribution in [2.75, 3.05) is 0 Å². The monoisotopic (exact) mass is 596 g/mol. The molecule has 0 spiro atoms. The molecule has 0 aromatic heterocycles. The lowest BCUT2D eigenvalue weighted by atomic mass is 9.80. The molecule has 0 radical (unpaired) electrons. The molecule has 5 atom stereocenters. The predicted octanol–water partition coefficient (Wildman–Crippen LogP) is 6.79. The molecule has 14 heteroatoms. The normalized spacial score (nSPS) is 27.5. The van der Waals surface area contributed by atoms with Gasteiger partial charge >= 0.3 is 31.3 Å². The quantitative estimate of drug-likeness (QED) is 0.215. The first-order valence-corrected chi connectivity index (χ1v) is 15.2. The van der Waals surface area contributed by atoms with Crippen molar-refractivity contribution in [1.82, 2.24) is 0 Å². The van der Waals surface area contributed by atoms with Gasteiger partial charge in [-0.15, -0.1) is 0 Å². The van der Waals surface area contributed by atoms with Crippen molar-refractivity contribution in [3.05, 3.63) is 46.5 Å². The van der Waals surface area contributed by atoms with Gasteiger partial charge in [-0.05, 0) is 96.1 Å². The molecule has 4 aliphatic carbocycles. The second-order valence-corrected chi connectivity index (χ2v) is 13.8. The van der Waals surface area contributed by atoms with E-state index in [2.05, 4.69) is 8.37 Å². The summed E-state index contributed by atoms with van der Waals surface area (Å²) in [5.41, 5.74) is -7.77. The number of hydrogen-bond donors (Lipinski definition) is 0. The first-order chi connectivity index (χ1) is 18.0. The van der Waals surface area contributed by atoms with Gasteiger partial charge in [0.2, 0.25) is 0 Å². The van der Waals surface area contributed by atoms with E-state index in [-0.39, 0.29) is 41.1 Å². The Morgan fingerprint density at radius 2 is 1.08 bits per heavy atom. The SMILES string of the molecule is CC1C2CCC1c1c(-c3ccc(OS(=O)(=O)C(F)(F)F)c4c3C3CCC4C3)ccc(OS(=O)(=O)C(F)(F)F)c12. The van der Waals surface area contributed by atoms with E-state index in [0.717, 1.165) is 12.8 Å². The minimum absolute atomic E-state index is 0.0149.